The van der Waals surface area contributed by atoms with Crippen molar-refractivity contribution >= 4 is 23.4 Å². The average Bonchev–Trinajstić information content (AvgIpc) is 2.92. The van der Waals surface area contributed by atoms with E-state index >= 15 is 0 Å². The zero-order valence-electron chi connectivity index (χ0n) is 20.0. The van der Waals surface area contributed by atoms with E-state index in [1.165, 1.54) is 11.8 Å². The van der Waals surface area contributed by atoms with Gasteiger partial charge in [0.15, 0.2) is 0 Å². The van der Waals surface area contributed by atoms with Crippen LogP contribution in [0.3, 0.4) is 0 Å². The molecule has 4 rings (SSSR count). The quantitative estimate of drug-likeness (QED) is 0.270. The summed E-state index contributed by atoms with van der Waals surface area (Å²) in [7, 11) is 1.56. The third kappa shape index (κ3) is 5.85. The number of anilines is 1. The monoisotopic (exact) mass is 495 g/mol. The Morgan fingerprint density at radius 1 is 1.00 bits per heavy atom. The van der Waals surface area contributed by atoms with Crippen LogP contribution in [-0.4, -0.2) is 30.4 Å². The first-order valence-corrected chi connectivity index (χ1v) is 12.4. The Morgan fingerprint density at radius 3 is 2.42 bits per heavy atom. The van der Waals surface area contributed by atoms with E-state index in [1.54, 1.807) is 19.2 Å². The first-order valence-electron chi connectivity index (χ1n) is 11.4. The van der Waals surface area contributed by atoms with Gasteiger partial charge in [0.05, 0.1) is 36.4 Å². The van der Waals surface area contributed by atoms with Crippen molar-refractivity contribution in [3.63, 3.8) is 0 Å². The molecule has 180 valence electrons. The summed E-state index contributed by atoms with van der Waals surface area (Å²) in [5.74, 6) is 1.22. The van der Waals surface area contributed by atoms with Crippen molar-refractivity contribution < 1.29 is 14.3 Å². The fourth-order valence-corrected chi connectivity index (χ4v) is 4.49. The van der Waals surface area contributed by atoms with E-state index in [9.17, 15) is 10.1 Å². The number of para-hydroxylation sites is 2. The number of hydrogen-bond acceptors (Lipinski definition) is 6. The molecule has 3 aromatic carbocycles. The molecule has 1 aromatic heterocycles. The average molecular weight is 496 g/mol. The number of pyridine rings is 1. The van der Waals surface area contributed by atoms with E-state index < -0.39 is 0 Å². The number of nitrogens with zero attached hydrogens (tertiary/aromatic N) is 2. The van der Waals surface area contributed by atoms with Gasteiger partial charge in [-0.15, -0.1) is 0 Å². The van der Waals surface area contributed by atoms with Gasteiger partial charge in [-0.05, 0) is 55.0 Å². The van der Waals surface area contributed by atoms with Crippen LogP contribution in [0.1, 0.15) is 12.5 Å². The van der Waals surface area contributed by atoms with Gasteiger partial charge in [-0.3, -0.25) is 4.79 Å². The molecule has 7 heteroatoms. The predicted molar refractivity (Wildman–Crippen MR) is 143 cm³/mol. The second-order valence-electron chi connectivity index (χ2n) is 7.71. The molecule has 6 nitrogen and oxygen atoms in total. The smallest absolute Gasteiger partial charge is 0.234 e. The van der Waals surface area contributed by atoms with Crippen LogP contribution in [0.5, 0.6) is 11.5 Å². The summed E-state index contributed by atoms with van der Waals surface area (Å²) in [4.78, 5) is 17.5. The molecule has 0 spiro atoms. The fourth-order valence-electron chi connectivity index (χ4n) is 3.68. The highest BCUT2D eigenvalue weighted by Crippen LogP contribution is 2.35. The molecule has 1 amide bonds. The van der Waals surface area contributed by atoms with Gasteiger partial charge in [0.2, 0.25) is 5.91 Å². The Kier molecular flexibility index (Phi) is 8.22. The number of carbonyl (C=O) groups excluding carboxylic acids is 1. The number of nitriles is 1. The Morgan fingerprint density at radius 2 is 1.72 bits per heavy atom. The van der Waals surface area contributed by atoms with Gasteiger partial charge < -0.3 is 14.8 Å². The first kappa shape index (κ1) is 24.8. The maximum absolute atomic E-state index is 12.8. The van der Waals surface area contributed by atoms with Gasteiger partial charge in [-0.1, -0.05) is 54.2 Å². The number of ether oxygens (including phenoxy) is 2. The van der Waals surface area contributed by atoms with Crippen molar-refractivity contribution in [1.29, 1.82) is 5.26 Å². The number of thioether (sulfide) groups is 1. The molecule has 0 unspecified atom stereocenters. The van der Waals surface area contributed by atoms with Gasteiger partial charge >= 0.3 is 0 Å². The minimum absolute atomic E-state index is 0.0840. The number of hydrogen-bond donors (Lipinski definition) is 1. The second kappa shape index (κ2) is 11.9. The summed E-state index contributed by atoms with van der Waals surface area (Å²) >= 11 is 1.23. The zero-order valence-corrected chi connectivity index (χ0v) is 20.8. The van der Waals surface area contributed by atoms with Gasteiger partial charge in [0.25, 0.3) is 0 Å². The molecule has 36 heavy (non-hydrogen) atoms. The minimum Gasteiger partial charge on any atom is -0.495 e. The second-order valence-corrected chi connectivity index (χ2v) is 8.67. The Bertz CT molecular complexity index is 1380. The van der Waals surface area contributed by atoms with Gasteiger partial charge in [0.1, 0.15) is 22.6 Å². The van der Waals surface area contributed by atoms with Crippen LogP contribution < -0.4 is 14.8 Å². The molecular formula is C29H25N3O3S. The van der Waals surface area contributed by atoms with Crippen LogP contribution in [0.2, 0.25) is 0 Å². The lowest BCUT2D eigenvalue weighted by atomic mass is 9.99. The fraction of sp³-hybridized carbons (Fsp3) is 0.138. The first-order chi connectivity index (χ1) is 17.6. The molecule has 1 N–H and O–H groups in total. The Labute approximate surface area is 214 Å². The van der Waals surface area contributed by atoms with Gasteiger partial charge in [0, 0.05) is 11.1 Å². The highest BCUT2D eigenvalue weighted by atomic mass is 32.2. The van der Waals surface area contributed by atoms with E-state index in [2.05, 4.69) is 11.4 Å². The van der Waals surface area contributed by atoms with E-state index in [-0.39, 0.29) is 11.7 Å². The topological polar surface area (TPSA) is 84.2 Å². The van der Waals surface area contributed by atoms with E-state index in [0.29, 0.717) is 34.3 Å². The number of benzene rings is 3. The van der Waals surface area contributed by atoms with Crippen molar-refractivity contribution in [1.82, 2.24) is 4.98 Å². The van der Waals surface area contributed by atoms with E-state index in [0.717, 1.165) is 22.4 Å². The molecule has 0 aliphatic carbocycles. The lowest BCUT2D eigenvalue weighted by Gasteiger charge is -2.13. The molecule has 1 heterocycles. The molecule has 0 fully saturated rings. The Balaban J connectivity index is 1.67. The molecule has 0 aliphatic heterocycles. The Hall–Kier alpha value is -4.28. The number of carbonyl (C=O) groups is 1. The highest BCUT2D eigenvalue weighted by molar-refractivity contribution is 8.00. The maximum atomic E-state index is 12.8. The standard InChI is InChI=1S/C29H25N3O3S/c1-3-35-22-15-13-21(14-16-22)26-17-23(20-9-5-4-6-10-20)24(18-30)29(32-26)36-19-28(33)31-25-11-7-8-12-27(25)34-2/h4-17H,3,19H2,1-2H3,(H,31,33). The largest absolute Gasteiger partial charge is 0.495 e. The molecule has 4 aromatic rings. The third-order valence-electron chi connectivity index (χ3n) is 5.36. The summed E-state index contributed by atoms with van der Waals surface area (Å²) in [6.07, 6.45) is 0. The number of nitrogens with one attached hydrogen (secondary N) is 1. The summed E-state index contributed by atoms with van der Waals surface area (Å²) in [6.45, 7) is 2.53. The molecule has 0 saturated carbocycles. The van der Waals surface area contributed by atoms with Crippen LogP contribution >= 0.6 is 11.8 Å². The maximum Gasteiger partial charge on any atom is 0.234 e. The molecule has 0 aliphatic rings. The SMILES string of the molecule is CCOc1ccc(-c2cc(-c3ccccc3)c(C#N)c(SCC(=O)Nc3ccccc3OC)n2)cc1. The zero-order chi connectivity index (χ0) is 25.3. The summed E-state index contributed by atoms with van der Waals surface area (Å²) < 4.78 is 10.9. The van der Waals surface area contributed by atoms with Crippen LogP contribution in [0.4, 0.5) is 5.69 Å². The molecule has 0 saturated heterocycles. The van der Waals surface area contributed by atoms with Gasteiger partial charge in [-0.25, -0.2) is 4.98 Å². The minimum atomic E-state index is -0.220. The normalized spacial score (nSPS) is 10.4. The predicted octanol–water partition coefficient (Wildman–Crippen LogP) is 6.43. The van der Waals surface area contributed by atoms with E-state index in [4.69, 9.17) is 14.5 Å². The molecule has 0 bridgehead atoms. The lowest BCUT2D eigenvalue weighted by Crippen LogP contribution is -2.15. The molecular weight excluding hydrogens is 470 g/mol. The summed E-state index contributed by atoms with van der Waals surface area (Å²) in [6, 6.07) is 28.8. The summed E-state index contributed by atoms with van der Waals surface area (Å²) in [5.41, 5.74) is 4.30. The number of rotatable bonds is 9. The summed E-state index contributed by atoms with van der Waals surface area (Å²) in [5, 5.41) is 13.4. The molecule has 0 atom stereocenters. The number of aromatic nitrogens is 1. The van der Waals surface area contributed by atoms with Crippen LogP contribution in [0.15, 0.2) is 90.0 Å². The van der Waals surface area contributed by atoms with Crippen molar-refractivity contribution in [2.75, 3.05) is 24.8 Å². The van der Waals surface area contributed by atoms with Crippen LogP contribution in [0, 0.1) is 11.3 Å². The molecule has 0 radical (unpaired) electrons. The number of methoxy groups -OCH3 is 1. The van der Waals surface area contributed by atoms with Crippen molar-refractivity contribution in [3.05, 3.63) is 90.5 Å². The lowest BCUT2D eigenvalue weighted by molar-refractivity contribution is -0.113. The third-order valence-corrected chi connectivity index (χ3v) is 6.34. The van der Waals surface area contributed by atoms with Crippen LogP contribution in [0.25, 0.3) is 22.4 Å². The van der Waals surface area contributed by atoms with Crippen molar-refractivity contribution in [2.24, 2.45) is 0 Å². The highest BCUT2D eigenvalue weighted by Gasteiger charge is 2.17. The van der Waals surface area contributed by atoms with Crippen LogP contribution in [-0.2, 0) is 4.79 Å². The van der Waals surface area contributed by atoms with Crippen molar-refractivity contribution in [3.8, 4) is 40.0 Å². The number of amides is 1. The van der Waals surface area contributed by atoms with Crippen molar-refractivity contribution in [2.45, 2.75) is 11.9 Å². The van der Waals surface area contributed by atoms with Gasteiger partial charge in [-0.2, -0.15) is 5.26 Å². The van der Waals surface area contributed by atoms with E-state index in [1.807, 2.05) is 79.7 Å².